The molecule has 1 heterocycles. The van der Waals surface area contributed by atoms with E-state index in [1.54, 1.807) is 18.2 Å². The molecule has 4 N–H and O–H groups in total. The van der Waals surface area contributed by atoms with E-state index < -0.39 is 36.0 Å². The van der Waals surface area contributed by atoms with E-state index in [-0.39, 0.29) is 37.1 Å². The summed E-state index contributed by atoms with van der Waals surface area (Å²) in [7, 11) is 0. The highest BCUT2D eigenvalue weighted by Gasteiger charge is 2.42. The van der Waals surface area contributed by atoms with Gasteiger partial charge in [-0.1, -0.05) is 73.6 Å². The molecule has 2 aromatic carbocycles. The first-order chi connectivity index (χ1) is 20.3. The Hall–Kier alpha value is -4.37. The van der Waals surface area contributed by atoms with Crippen LogP contribution in [-0.4, -0.2) is 59.2 Å². The molecule has 0 spiro atoms. The zero-order valence-corrected chi connectivity index (χ0v) is 23.8. The Morgan fingerprint density at radius 2 is 1.83 bits per heavy atom. The van der Waals surface area contributed by atoms with Crippen molar-refractivity contribution in [1.82, 2.24) is 15.5 Å². The number of hydrogen-bond acceptors (Lipinski definition) is 5. The van der Waals surface area contributed by atoms with Gasteiger partial charge in [0.2, 0.25) is 17.7 Å². The maximum atomic E-state index is 14.2. The summed E-state index contributed by atoms with van der Waals surface area (Å²) in [5, 5.41) is 11.5. The molecular formula is C31H39N7O4. The summed E-state index contributed by atoms with van der Waals surface area (Å²) in [6.07, 6.45) is 7.64. The summed E-state index contributed by atoms with van der Waals surface area (Å²) >= 11 is 0. The van der Waals surface area contributed by atoms with E-state index in [2.05, 4.69) is 27.2 Å². The second kappa shape index (κ2) is 14.5. The van der Waals surface area contributed by atoms with E-state index in [0.29, 0.717) is 18.4 Å². The number of nitrogens with zero attached hydrogens (tertiary/aromatic N) is 4. The van der Waals surface area contributed by atoms with Gasteiger partial charge in [-0.15, -0.1) is 6.58 Å². The minimum Gasteiger partial charge on any atom is -0.370 e. The van der Waals surface area contributed by atoms with Crippen LogP contribution < -0.4 is 16.4 Å². The topological polar surface area (TPSA) is 170 Å². The number of nitrogens with two attached hydrogens (primary N) is 1. The normalized spacial score (nSPS) is 20.2. The van der Waals surface area contributed by atoms with Crippen LogP contribution in [0.5, 0.6) is 0 Å². The molecule has 1 saturated carbocycles. The molecule has 1 aliphatic heterocycles. The number of carbonyl (C=O) groups is 4. The van der Waals surface area contributed by atoms with Crippen molar-refractivity contribution in [1.29, 1.82) is 0 Å². The first-order valence-electron chi connectivity index (χ1n) is 14.6. The summed E-state index contributed by atoms with van der Waals surface area (Å²) in [4.78, 5) is 56.9. The Morgan fingerprint density at radius 3 is 2.52 bits per heavy atom. The number of hydrogen-bond donors (Lipinski definition) is 3. The average molecular weight is 574 g/mol. The first-order valence-corrected chi connectivity index (χ1v) is 14.6. The predicted octanol–water partition coefficient (Wildman–Crippen LogP) is 4.12. The van der Waals surface area contributed by atoms with Crippen molar-refractivity contribution in [3.63, 3.8) is 0 Å². The fourth-order valence-corrected chi connectivity index (χ4v) is 6.15. The van der Waals surface area contributed by atoms with Crippen LogP contribution in [0.1, 0.15) is 68.1 Å². The van der Waals surface area contributed by atoms with Crippen LogP contribution in [-0.2, 0) is 14.4 Å². The van der Waals surface area contributed by atoms with E-state index in [1.165, 1.54) is 4.90 Å². The molecule has 1 aliphatic carbocycles. The maximum Gasteiger partial charge on any atom is 0.251 e. The monoisotopic (exact) mass is 573 g/mol. The van der Waals surface area contributed by atoms with E-state index in [4.69, 9.17) is 11.3 Å². The van der Waals surface area contributed by atoms with Gasteiger partial charge in [-0.3, -0.25) is 19.2 Å². The number of carbonyl (C=O) groups excluding carboxylic acids is 4. The highest BCUT2D eigenvalue weighted by atomic mass is 16.2. The molecule has 2 fully saturated rings. The van der Waals surface area contributed by atoms with Crippen molar-refractivity contribution in [2.75, 3.05) is 6.54 Å². The third-order valence-electron chi connectivity index (χ3n) is 8.23. The zero-order chi connectivity index (χ0) is 30.1. The lowest BCUT2D eigenvalue weighted by Crippen LogP contribution is -2.55. The Labute approximate surface area is 245 Å². The lowest BCUT2D eigenvalue weighted by atomic mass is 9.84. The standard InChI is InChI=1S/C31H39N7O4/c1-2-8-24(18-28(32)39)34-30(41)27-17-25(36-37-33)19-38(27)31(42)26(15-20-9-4-3-5-10-20)35-29(40)23-14-13-21-11-6-7-12-22(21)16-23/h2,6-7,11-14,16,20,24-27H,1,3-5,8-10,15,17-19H2,(H2,32,39)(H,34,41)(H,35,40)/t24?,25?,26-,27+/m1/s1. The molecular weight excluding hydrogens is 534 g/mol. The van der Waals surface area contributed by atoms with Crippen LogP contribution in [0.25, 0.3) is 21.2 Å². The van der Waals surface area contributed by atoms with Crippen LogP contribution >= 0.6 is 0 Å². The number of benzene rings is 2. The van der Waals surface area contributed by atoms with E-state index in [9.17, 15) is 19.2 Å². The molecule has 4 amide bonds. The summed E-state index contributed by atoms with van der Waals surface area (Å²) in [6, 6.07) is 10.2. The number of azide groups is 1. The number of likely N-dealkylation sites (tertiary alicyclic amines) is 1. The average Bonchev–Trinajstić information content (AvgIpc) is 3.41. The van der Waals surface area contributed by atoms with Crippen LogP contribution in [0.15, 0.2) is 60.2 Å². The fourth-order valence-electron chi connectivity index (χ4n) is 6.15. The second-order valence-electron chi connectivity index (χ2n) is 11.3. The molecule has 0 aromatic heterocycles. The predicted molar refractivity (Wildman–Crippen MR) is 160 cm³/mol. The van der Waals surface area contributed by atoms with Crippen LogP contribution in [0.3, 0.4) is 0 Å². The molecule has 4 rings (SSSR count). The highest BCUT2D eigenvalue weighted by Crippen LogP contribution is 2.30. The quantitative estimate of drug-likeness (QED) is 0.150. The Balaban J connectivity index is 1.58. The van der Waals surface area contributed by atoms with Crippen molar-refractivity contribution >= 4 is 34.4 Å². The van der Waals surface area contributed by atoms with Crippen molar-refractivity contribution < 1.29 is 19.2 Å². The van der Waals surface area contributed by atoms with Gasteiger partial charge in [0.25, 0.3) is 5.91 Å². The van der Waals surface area contributed by atoms with Gasteiger partial charge in [0.1, 0.15) is 12.1 Å². The molecule has 2 aromatic rings. The minimum absolute atomic E-state index is 0.0515. The summed E-state index contributed by atoms with van der Waals surface area (Å²) in [6.45, 7) is 3.73. The Bertz CT molecular complexity index is 1370. The van der Waals surface area contributed by atoms with Crippen molar-refractivity contribution in [3.8, 4) is 0 Å². The van der Waals surface area contributed by atoms with E-state index in [1.807, 2.05) is 30.3 Å². The molecule has 11 nitrogen and oxygen atoms in total. The third-order valence-corrected chi connectivity index (χ3v) is 8.23. The van der Waals surface area contributed by atoms with Gasteiger partial charge in [-0.2, -0.15) is 0 Å². The van der Waals surface area contributed by atoms with Crippen LogP contribution in [0, 0.1) is 5.92 Å². The van der Waals surface area contributed by atoms with Crippen molar-refractivity contribution in [2.24, 2.45) is 16.8 Å². The van der Waals surface area contributed by atoms with Gasteiger partial charge in [0.15, 0.2) is 0 Å². The smallest absolute Gasteiger partial charge is 0.251 e. The molecule has 4 atom stereocenters. The molecule has 1 saturated heterocycles. The number of fused-ring (bicyclic) bond motifs is 1. The highest BCUT2D eigenvalue weighted by molar-refractivity contribution is 6.01. The summed E-state index contributed by atoms with van der Waals surface area (Å²) in [5.74, 6) is -1.53. The molecule has 2 unspecified atom stereocenters. The molecule has 2 aliphatic rings. The summed E-state index contributed by atoms with van der Waals surface area (Å²) < 4.78 is 0. The number of primary amides is 1. The van der Waals surface area contributed by atoms with Gasteiger partial charge in [-0.05, 0) is 53.6 Å². The third kappa shape index (κ3) is 7.88. The maximum absolute atomic E-state index is 14.2. The summed E-state index contributed by atoms with van der Waals surface area (Å²) in [5.41, 5.74) is 14.9. The van der Waals surface area contributed by atoms with Gasteiger partial charge < -0.3 is 21.3 Å². The number of amides is 4. The van der Waals surface area contributed by atoms with Crippen molar-refractivity contribution in [3.05, 3.63) is 71.1 Å². The van der Waals surface area contributed by atoms with Gasteiger partial charge in [0, 0.05) is 29.5 Å². The SMILES string of the molecule is C=CCC(CC(N)=O)NC(=O)[C@@H]1CC(N=[N+]=[N-])CN1C(=O)[C@@H](CC1CCCCC1)NC(=O)c1ccc2ccccc2c1. The number of nitrogens with one attached hydrogen (secondary N) is 2. The largest absolute Gasteiger partial charge is 0.370 e. The Kier molecular flexibility index (Phi) is 10.6. The lowest BCUT2D eigenvalue weighted by Gasteiger charge is -2.32. The zero-order valence-electron chi connectivity index (χ0n) is 23.8. The Morgan fingerprint density at radius 1 is 1.10 bits per heavy atom. The van der Waals surface area contributed by atoms with Gasteiger partial charge >= 0.3 is 0 Å². The van der Waals surface area contributed by atoms with E-state index >= 15 is 0 Å². The lowest BCUT2D eigenvalue weighted by molar-refractivity contribution is -0.140. The second-order valence-corrected chi connectivity index (χ2v) is 11.3. The van der Waals surface area contributed by atoms with Crippen LogP contribution in [0.4, 0.5) is 0 Å². The molecule has 222 valence electrons. The molecule has 42 heavy (non-hydrogen) atoms. The minimum atomic E-state index is -0.931. The first kappa shape index (κ1) is 30.6. The molecule has 11 heteroatoms. The fraction of sp³-hybridized carbons (Fsp3) is 0.484. The van der Waals surface area contributed by atoms with Gasteiger partial charge in [0.05, 0.1) is 6.04 Å². The van der Waals surface area contributed by atoms with E-state index in [0.717, 1.165) is 42.9 Å². The molecule has 0 radical (unpaired) electrons. The molecule has 0 bridgehead atoms. The van der Waals surface area contributed by atoms with Crippen LogP contribution in [0.2, 0.25) is 0 Å². The van der Waals surface area contributed by atoms with Gasteiger partial charge in [-0.25, -0.2) is 0 Å². The number of rotatable bonds is 12. The van der Waals surface area contributed by atoms with Crippen molar-refractivity contribution in [2.45, 2.75) is 82.0 Å².